The van der Waals surface area contributed by atoms with Gasteiger partial charge in [0.05, 0.1) is 4.90 Å². The molecule has 3 nitrogen and oxygen atoms in total. The molecule has 0 amide bonds. The van der Waals surface area contributed by atoms with E-state index in [-0.39, 0.29) is 11.5 Å². The Morgan fingerprint density at radius 3 is 2.33 bits per heavy atom. The van der Waals surface area contributed by atoms with E-state index in [9.17, 15) is 8.42 Å². The average molecular weight is 267 g/mol. The maximum absolute atomic E-state index is 12.3. The molecule has 1 aliphatic carbocycles. The smallest absolute Gasteiger partial charge is 0.208 e. The van der Waals surface area contributed by atoms with Crippen molar-refractivity contribution in [2.24, 2.45) is 0 Å². The lowest BCUT2D eigenvalue weighted by Crippen LogP contribution is -2.27. The third kappa shape index (κ3) is 2.93. The quantitative estimate of drug-likeness (QED) is 0.915. The fraction of sp³-hybridized carbons (Fsp3) is 0.571. The van der Waals surface area contributed by atoms with Gasteiger partial charge in [-0.05, 0) is 42.4 Å². The molecule has 1 aromatic carbocycles. The molecule has 0 heterocycles. The van der Waals surface area contributed by atoms with Crippen LogP contribution in [0.4, 0.5) is 0 Å². The van der Waals surface area contributed by atoms with Crippen molar-refractivity contribution in [3.63, 3.8) is 0 Å². The van der Waals surface area contributed by atoms with Gasteiger partial charge in [0.2, 0.25) is 10.0 Å². The van der Waals surface area contributed by atoms with Crippen LogP contribution in [0, 0.1) is 6.92 Å². The Morgan fingerprint density at radius 2 is 1.83 bits per heavy atom. The van der Waals surface area contributed by atoms with E-state index in [1.54, 1.807) is 6.07 Å². The van der Waals surface area contributed by atoms with E-state index in [2.05, 4.69) is 25.5 Å². The topological polar surface area (TPSA) is 46.2 Å². The van der Waals surface area contributed by atoms with Crippen LogP contribution in [0.1, 0.15) is 44.7 Å². The molecule has 0 radical (unpaired) electrons. The number of benzene rings is 1. The molecule has 1 N–H and O–H groups in total. The third-order valence-electron chi connectivity index (χ3n) is 3.24. The minimum absolute atomic E-state index is 0.0441. The van der Waals surface area contributed by atoms with Crippen molar-refractivity contribution >= 4 is 10.0 Å². The highest BCUT2D eigenvalue weighted by molar-refractivity contribution is 7.89. The Kier molecular flexibility index (Phi) is 3.28. The Labute approximate surface area is 110 Å². The molecule has 0 unspecified atom stereocenters. The minimum atomic E-state index is -3.36. The summed E-state index contributed by atoms with van der Waals surface area (Å²) in [6, 6.07) is 5.85. The lowest BCUT2D eigenvalue weighted by atomic mass is 9.87. The summed E-state index contributed by atoms with van der Waals surface area (Å²) in [4.78, 5) is 0.418. The molecule has 1 fully saturated rings. The second-order valence-corrected chi connectivity index (χ2v) is 7.81. The molecular weight excluding hydrogens is 246 g/mol. The van der Waals surface area contributed by atoms with E-state index < -0.39 is 10.0 Å². The van der Waals surface area contributed by atoms with Gasteiger partial charge in [-0.15, -0.1) is 0 Å². The molecule has 0 bridgehead atoms. The summed E-state index contributed by atoms with van der Waals surface area (Å²) in [7, 11) is -3.36. The number of rotatable bonds is 3. The van der Waals surface area contributed by atoms with E-state index in [1.165, 1.54) is 0 Å². The van der Waals surface area contributed by atoms with Gasteiger partial charge in [-0.2, -0.15) is 0 Å². The van der Waals surface area contributed by atoms with Crippen molar-refractivity contribution in [2.75, 3.05) is 0 Å². The van der Waals surface area contributed by atoms with Crippen molar-refractivity contribution in [1.82, 2.24) is 4.72 Å². The Morgan fingerprint density at radius 1 is 1.22 bits per heavy atom. The van der Waals surface area contributed by atoms with Crippen LogP contribution in [-0.4, -0.2) is 14.5 Å². The molecule has 2 rings (SSSR count). The predicted molar refractivity (Wildman–Crippen MR) is 73.2 cm³/mol. The van der Waals surface area contributed by atoms with Crippen molar-refractivity contribution in [3.05, 3.63) is 29.3 Å². The van der Waals surface area contributed by atoms with Gasteiger partial charge >= 0.3 is 0 Å². The first-order valence-electron chi connectivity index (χ1n) is 6.33. The normalized spacial score (nSPS) is 16.9. The van der Waals surface area contributed by atoms with Gasteiger partial charge in [0.15, 0.2) is 0 Å². The van der Waals surface area contributed by atoms with Gasteiger partial charge < -0.3 is 0 Å². The second-order valence-electron chi connectivity index (χ2n) is 6.13. The van der Waals surface area contributed by atoms with Gasteiger partial charge in [0.25, 0.3) is 0 Å². The van der Waals surface area contributed by atoms with Gasteiger partial charge in [0.1, 0.15) is 0 Å². The van der Waals surface area contributed by atoms with Crippen LogP contribution >= 0.6 is 0 Å². The van der Waals surface area contributed by atoms with E-state index in [1.807, 2.05) is 19.1 Å². The summed E-state index contributed by atoms with van der Waals surface area (Å²) >= 11 is 0. The molecule has 1 aliphatic rings. The Bertz CT molecular complexity index is 552. The fourth-order valence-electron chi connectivity index (χ4n) is 1.84. The van der Waals surface area contributed by atoms with Crippen molar-refractivity contribution in [1.29, 1.82) is 0 Å². The molecule has 100 valence electrons. The molecule has 4 heteroatoms. The largest absolute Gasteiger partial charge is 0.241 e. The van der Waals surface area contributed by atoms with Crippen molar-refractivity contribution in [3.8, 4) is 0 Å². The molecule has 0 spiro atoms. The van der Waals surface area contributed by atoms with Crippen LogP contribution in [0.2, 0.25) is 0 Å². The van der Waals surface area contributed by atoms with E-state index in [0.29, 0.717) is 4.90 Å². The summed E-state index contributed by atoms with van der Waals surface area (Å²) in [6.45, 7) is 8.10. The standard InChI is InChI=1S/C14H21NO2S/c1-10-5-6-11(14(2,3)4)9-13(10)18(16,17)15-12-7-8-12/h5-6,9,12,15H,7-8H2,1-4H3. The molecule has 1 aromatic rings. The van der Waals surface area contributed by atoms with Crippen LogP contribution in [0.25, 0.3) is 0 Å². The molecule has 0 saturated heterocycles. The van der Waals surface area contributed by atoms with E-state index in [0.717, 1.165) is 24.0 Å². The maximum Gasteiger partial charge on any atom is 0.241 e. The van der Waals surface area contributed by atoms with Crippen LogP contribution < -0.4 is 4.72 Å². The number of hydrogen-bond donors (Lipinski definition) is 1. The monoisotopic (exact) mass is 267 g/mol. The average Bonchev–Trinajstić information content (AvgIpc) is 2.99. The van der Waals surface area contributed by atoms with Crippen LogP contribution in [0.3, 0.4) is 0 Å². The first-order valence-corrected chi connectivity index (χ1v) is 7.82. The van der Waals surface area contributed by atoms with Gasteiger partial charge in [-0.1, -0.05) is 32.9 Å². The summed E-state index contributed by atoms with van der Waals surface area (Å²) in [5.41, 5.74) is 1.80. The first kappa shape index (κ1) is 13.6. The van der Waals surface area contributed by atoms with Crippen LogP contribution in [0.15, 0.2) is 23.1 Å². The van der Waals surface area contributed by atoms with Crippen molar-refractivity contribution < 1.29 is 8.42 Å². The van der Waals surface area contributed by atoms with Crippen LogP contribution in [-0.2, 0) is 15.4 Å². The SMILES string of the molecule is Cc1ccc(C(C)(C)C)cc1S(=O)(=O)NC1CC1. The summed E-state index contributed by atoms with van der Waals surface area (Å²) in [5.74, 6) is 0. The van der Waals surface area contributed by atoms with Gasteiger partial charge in [-0.3, -0.25) is 0 Å². The summed E-state index contributed by atoms with van der Waals surface area (Å²) in [6.07, 6.45) is 1.91. The third-order valence-corrected chi connectivity index (χ3v) is 4.91. The van der Waals surface area contributed by atoms with Gasteiger partial charge in [-0.25, -0.2) is 13.1 Å². The molecular formula is C14H21NO2S. The fourth-order valence-corrected chi connectivity index (χ4v) is 3.42. The molecule has 0 atom stereocenters. The van der Waals surface area contributed by atoms with Crippen LogP contribution in [0.5, 0.6) is 0 Å². The minimum Gasteiger partial charge on any atom is -0.208 e. The maximum atomic E-state index is 12.3. The zero-order valence-electron chi connectivity index (χ0n) is 11.4. The number of nitrogens with one attached hydrogen (secondary N) is 1. The molecule has 18 heavy (non-hydrogen) atoms. The number of sulfonamides is 1. The highest BCUT2D eigenvalue weighted by atomic mass is 32.2. The Balaban J connectivity index is 2.42. The number of hydrogen-bond acceptors (Lipinski definition) is 2. The molecule has 0 aliphatic heterocycles. The van der Waals surface area contributed by atoms with Crippen molar-refractivity contribution in [2.45, 2.75) is 56.9 Å². The summed E-state index contributed by atoms with van der Waals surface area (Å²) in [5, 5.41) is 0. The van der Waals surface area contributed by atoms with E-state index >= 15 is 0 Å². The Hall–Kier alpha value is -0.870. The summed E-state index contributed by atoms with van der Waals surface area (Å²) < 4.78 is 27.3. The zero-order valence-corrected chi connectivity index (χ0v) is 12.3. The van der Waals surface area contributed by atoms with Gasteiger partial charge in [0, 0.05) is 6.04 Å². The van der Waals surface area contributed by atoms with E-state index in [4.69, 9.17) is 0 Å². The zero-order chi connectivity index (χ0) is 13.6. The second kappa shape index (κ2) is 4.35. The lowest BCUT2D eigenvalue weighted by Gasteiger charge is -2.20. The lowest BCUT2D eigenvalue weighted by molar-refractivity contribution is 0.575. The molecule has 1 saturated carbocycles. The number of aryl methyl sites for hydroxylation is 1. The highest BCUT2D eigenvalue weighted by Crippen LogP contribution is 2.28. The predicted octanol–water partition coefficient (Wildman–Crippen LogP) is 2.73. The first-order chi connectivity index (χ1) is 8.20. The molecule has 0 aromatic heterocycles. The highest BCUT2D eigenvalue weighted by Gasteiger charge is 2.29.